The van der Waals surface area contributed by atoms with Crippen molar-refractivity contribution in [2.45, 2.75) is 19.4 Å². The Hall–Kier alpha value is -0.840. The summed E-state index contributed by atoms with van der Waals surface area (Å²) >= 11 is 7.18. The number of methoxy groups -OCH3 is 1. The van der Waals surface area contributed by atoms with E-state index in [2.05, 4.69) is 74.4 Å². The maximum Gasteiger partial charge on any atom is 0.118 e. The van der Waals surface area contributed by atoms with Gasteiger partial charge in [-0.05, 0) is 48.4 Å². The van der Waals surface area contributed by atoms with E-state index in [0.29, 0.717) is 0 Å². The molecule has 0 fully saturated rings. The number of ether oxygens (including phenoxy) is 1. The van der Waals surface area contributed by atoms with E-state index in [1.165, 1.54) is 11.1 Å². The van der Waals surface area contributed by atoms with Gasteiger partial charge in [-0.1, -0.05) is 57.0 Å². The van der Waals surface area contributed by atoms with E-state index in [1.807, 2.05) is 12.1 Å². The van der Waals surface area contributed by atoms with Gasteiger partial charge in [-0.15, -0.1) is 0 Å². The second-order valence-electron chi connectivity index (χ2n) is 4.83. The molecule has 0 saturated carbocycles. The molecule has 4 heteroatoms. The van der Waals surface area contributed by atoms with Crippen LogP contribution in [0.25, 0.3) is 0 Å². The van der Waals surface area contributed by atoms with Crippen LogP contribution in [0.4, 0.5) is 0 Å². The van der Waals surface area contributed by atoms with Crippen LogP contribution in [-0.2, 0) is 0 Å². The Morgan fingerprint density at radius 2 is 1.81 bits per heavy atom. The summed E-state index contributed by atoms with van der Waals surface area (Å²) in [5, 5.41) is 3.61. The van der Waals surface area contributed by atoms with Crippen molar-refractivity contribution >= 4 is 31.9 Å². The molecule has 2 aromatic rings. The molecule has 2 rings (SSSR count). The molecule has 0 bridgehead atoms. The molecular weight excluding hydrogens is 394 g/mol. The zero-order valence-corrected chi connectivity index (χ0v) is 15.4. The van der Waals surface area contributed by atoms with E-state index in [1.54, 1.807) is 7.11 Å². The predicted molar refractivity (Wildman–Crippen MR) is 95.0 cm³/mol. The first-order chi connectivity index (χ1) is 10.2. The highest BCUT2D eigenvalue weighted by atomic mass is 79.9. The summed E-state index contributed by atoms with van der Waals surface area (Å²) in [5.41, 5.74) is 2.46. The molecule has 0 saturated heterocycles. The summed E-state index contributed by atoms with van der Waals surface area (Å²) in [6, 6.07) is 14.7. The van der Waals surface area contributed by atoms with Crippen molar-refractivity contribution in [2.75, 3.05) is 13.7 Å². The Kier molecular flexibility index (Phi) is 6.27. The molecule has 0 radical (unpaired) electrons. The Morgan fingerprint density at radius 3 is 2.38 bits per heavy atom. The molecule has 0 aliphatic heterocycles. The van der Waals surface area contributed by atoms with E-state index in [-0.39, 0.29) is 6.04 Å². The van der Waals surface area contributed by atoms with Crippen LogP contribution in [-0.4, -0.2) is 13.7 Å². The van der Waals surface area contributed by atoms with Crippen LogP contribution in [0.3, 0.4) is 0 Å². The number of nitrogens with one attached hydrogen (secondary N) is 1. The fourth-order valence-electron chi connectivity index (χ4n) is 2.23. The van der Waals surface area contributed by atoms with Gasteiger partial charge in [0.1, 0.15) is 5.75 Å². The van der Waals surface area contributed by atoms with Gasteiger partial charge in [-0.25, -0.2) is 0 Å². The molecule has 1 unspecified atom stereocenters. The third-order valence-corrected chi connectivity index (χ3v) is 4.50. The lowest BCUT2D eigenvalue weighted by molar-refractivity contribution is 0.414. The van der Waals surface area contributed by atoms with Crippen LogP contribution >= 0.6 is 31.9 Å². The Morgan fingerprint density at radius 1 is 1.10 bits per heavy atom. The molecule has 0 amide bonds. The van der Waals surface area contributed by atoms with Crippen LogP contribution in [0.5, 0.6) is 5.75 Å². The van der Waals surface area contributed by atoms with Crippen molar-refractivity contribution in [1.29, 1.82) is 0 Å². The maximum atomic E-state index is 5.24. The highest BCUT2D eigenvalue weighted by molar-refractivity contribution is 9.11. The van der Waals surface area contributed by atoms with Gasteiger partial charge in [0.2, 0.25) is 0 Å². The molecule has 21 heavy (non-hydrogen) atoms. The van der Waals surface area contributed by atoms with Crippen LogP contribution < -0.4 is 10.1 Å². The number of hydrogen-bond acceptors (Lipinski definition) is 2. The van der Waals surface area contributed by atoms with Crippen molar-refractivity contribution in [3.63, 3.8) is 0 Å². The summed E-state index contributed by atoms with van der Waals surface area (Å²) in [5.74, 6) is 0.878. The molecule has 0 aromatic heterocycles. The van der Waals surface area contributed by atoms with E-state index < -0.39 is 0 Å². The number of rotatable bonds is 6. The normalized spacial score (nSPS) is 12.2. The van der Waals surface area contributed by atoms with E-state index >= 15 is 0 Å². The van der Waals surface area contributed by atoms with Gasteiger partial charge in [0.25, 0.3) is 0 Å². The van der Waals surface area contributed by atoms with Crippen LogP contribution in [0.1, 0.15) is 30.5 Å². The molecule has 0 spiro atoms. The second-order valence-corrected chi connectivity index (χ2v) is 6.60. The third-order valence-electron chi connectivity index (χ3n) is 3.32. The second kappa shape index (κ2) is 7.97. The average Bonchev–Trinajstić information content (AvgIpc) is 2.50. The fraction of sp³-hybridized carbons (Fsp3) is 0.294. The molecular formula is C17H19Br2NO. The lowest BCUT2D eigenvalue weighted by atomic mass is 9.98. The molecule has 1 N–H and O–H groups in total. The van der Waals surface area contributed by atoms with Crippen molar-refractivity contribution < 1.29 is 4.74 Å². The van der Waals surface area contributed by atoms with Crippen molar-refractivity contribution in [2.24, 2.45) is 0 Å². The van der Waals surface area contributed by atoms with Crippen LogP contribution in [0.15, 0.2) is 51.4 Å². The van der Waals surface area contributed by atoms with E-state index in [9.17, 15) is 0 Å². The Bertz CT molecular complexity index is 584. The van der Waals surface area contributed by atoms with E-state index in [4.69, 9.17) is 4.74 Å². The maximum absolute atomic E-state index is 5.24. The predicted octanol–water partition coefficient (Wildman–Crippen LogP) is 5.31. The summed E-state index contributed by atoms with van der Waals surface area (Å²) in [7, 11) is 1.69. The van der Waals surface area contributed by atoms with Crippen molar-refractivity contribution in [3.8, 4) is 5.75 Å². The van der Waals surface area contributed by atoms with Gasteiger partial charge in [-0.3, -0.25) is 0 Å². The molecule has 1 atom stereocenters. The third kappa shape index (κ3) is 4.31. The zero-order chi connectivity index (χ0) is 15.2. The SMILES string of the molecule is CCCNC(c1ccc(OC)cc1)c1ccc(Br)cc1Br. The smallest absolute Gasteiger partial charge is 0.118 e. The van der Waals surface area contributed by atoms with Gasteiger partial charge < -0.3 is 10.1 Å². The fourth-order valence-corrected chi connectivity index (χ4v) is 3.50. The standard InChI is InChI=1S/C17H19Br2NO/c1-3-10-20-17(12-4-7-14(21-2)8-5-12)15-9-6-13(18)11-16(15)19/h4-9,11,17,20H,3,10H2,1-2H3. The first-order valence-corrected chi connectivity index (χ1v) is 8.56. The molecule has 0 heterocycles. The number of halogens is 2. The highest BCUT2D eigenvalue weighted by Crippen LogP contribution is 2.31. The number of hydrogen-bond donors (Lipinski definition) is 1. The zero-order valence-electron chi connectivity index (χ0n) is 12.2. The Balaban J connectivity index is 2.36. The van der Waals surface area contributed by atoms with E-state index in [0.717, 1.165) is 27.7 Å². The average molecular weight is 413 g/mol. The minimum atomic E-state index is 0.165. The summed E-state index contributed by atoms with van der Waals surface area (Å²) in [6.45, 7) is 3.15. The molecule has 0 aliphatic rings. The largest absolute Gasteiger partial charge is 0.497 e. The van der Waals surface area contributed by atoms with Crippen LogP contribution in [0.2, 0.25) is 0 Å². The first kappa shape index (κ1) is 16.5. The lowest BCUT2D eigenvalue weighted by Gasteiger charge is -2.21. The lowest BCUT2D eigenvalue weighted by Crippen LogP contribution is -2.23. The van der Waals surface area contributed by atoms with Gasteiger partial charge >= 0.3 is 0 Å². The summed E-state index contributed by atoms with van der Waals surface area (Å²) in [6.07, 6.45) is 1.10. The van der Waals surface area contributed by atoms with Gasteiger partial charge in [0.05, 0.1) is 13.2 Å². The quantitative estimate of drug-likeness (QED) is 0.694. The molecule has 112 valence electrons. The van der Waals surface area contributed by atoms with Crippen LogP contribution in [0, 0.1) is 0 Å². The van der Waals surface area contributed by atoms with Crippen molar-refractivity contribution in [3.05, 3.63) is 62.5 Å². The first-order valence-electron chi connectivity index (χ1n) is 6.98. The minimum absolute atomic E-state index is 0.165. The molecule has 0 aliphatic carbocycles. The minimum Gasteiger partial charge on any atom is -0.497 e. The summed E-state index contributed by atoms with van der Waals surface area (Å²) in [4.78, 5) is 0. The molecule has 2 aromatic carbocycles. The Labute approximate surface area is 143 Å². The highest BCUT2D eigenvalue weighted by Gasteiger charge is 2.16. The van der Waals surface area contributed by atoms with Gasteiger partial charge in [-0.2, -0.15) is 0 Å². The van der Waals surface area contributed by atoms with Gasteiger partial charge in [0.15, 0.2) is 0 Å². The topological polar surface area (TPSA) is 21.3 Å². The monoisotopic (exact) mass is 411 g/mol. The molecule has 2 nitrogen and oxygen atoms in total. The van der Waals surface area contributed by atoms with Gasteiger partial charge in [0, 0.05) is 8.95 Å². The number of benzene rings is 2. The van der Waals surface area contributed by atoms with Crippen molar-refractivity contribution in [1.82, 2.24) is 5.32 Å². The summed E-state index contributed by atoms with van der Waals surface area (Å²) < 4.78 is 7.41.